The van der Waals surface area contributed by atoms with Gasteiger partial charge in [-0.2, -0.15) is 5.10 Å². The van der Waals surface area contributed by atoms with Gasteiger partial charge in [0.15, 0.2) is 17.5 Å². The number of aliphatic hydroxyl groups is 2. The summed E-state index contributed by atoms with van der Waals surface area (Å²) >= 11 is 0. The van der Waals surface area contributed by atoms with Crippen LogP contribution in [0.3, 0.4) is 0 Å². The molecule has 0 aliphatic carbocycles. The quantitative estimate of drug-likeness (QED) is 0.113. The van der Waals surface area contributed by atoms with E-state index in [0.717, 1.165) is 76.9 Å². The Morgan fingerprint density at radius 3 is 1.44 bits per heavy atom. The molecule has 0 atom stereocenters. The fourth-order valence-corrected chi connectivity index (χ4v) is 7.39. The fraction of sp³-hybridized carbons (Fsp3) is 0.489. The fourth-order valence-electron chi connectivity index (χ4n) is 7.39. The molecular weight excluding hydrogens is 811 g/mol. The van der Waals surface area contributed by atoms with E-state index in [1.54, 1.807) is 36.7 Å². The largest absolute Gasteiger partial charge is 0.494 e. The molecule has 16 nitrogen and oxygen atoms in total. The number of morpholine rings is 2. The number of ether oxygens (including phenoxy) is 2. The van der Waals surface area contributed by atoms with Gasteiger partial charge in [0.05, 0.1) is 49.0 Å². The number of nitrogens with two attached hydrogens (primary N) is 2. The third-order valence-corrected chi connectivity index (χ3v) is 11.6. The molecule has 0 amide bonds. The molecule has 3 aliphatic rings. The van der Waals surface area contributed by atoms with Crippen LogP contribution < -0.4 is 26.7 Å². The van der Waals surface area contributed by atoms with Crippen molar-refractivity contribution in [2.24, 2.45) is 0 Å². The lowest BCUT2D eigenvalue weighted by Gasteiger charge is -2.32. The van der Waals surface area contributed by atoms with Crippen LogP contribution in [0.2, 0.25) is 0 Å². The highest BCUT2D eigenvalue weighted by atomic mass is 16.7. The van der Waals surface area contributed by atoms with Gasteiger partial charge in [-0.3, -0.25) is 0 Å². The van der Waals surface area contributed by atoms with E-state index in [4.69, 9.17) is 40.3 Å². The maximum Gasteiger partial charge on any atom is 0.494 e. The van der Waals surface area contributed by atoms with Crippen LogP contribution in [0.15, 0.2) is 72.8 Å². The first kappa shape index (κ1) is 49.7. The first-order chi connectivity index (χ1) is 29.2. The predicted molar refractivity (Wildman–Crippen MR) is 257 cm³/mol. The van der Waals surface area contributed by atoms with Crippen LogP contribution in [-0.4, -0.2) is 110 Å². The van der Waals surface area contributed by atoms with Crippen LogP contribution in [0.4, 0.5) is 23.0 Å². The van der Waals surface area contributed by atoms with Crippen molar-refractivity contribution in [1.29, 1.82) is 0 Å². The SMILES string of the molecule is C.C.CC(C)(O)c1ccc2c(N3CCOCC3)nc(-c3ccc(N)cc3)nn12.CC1(C)OB(c2ccc(N)cc2)OC1(C)C.Cc1nc(N2CCOCC2)c2ccc(C(C)(C)O)n2n1. The van der Waals surface area contributed by atoms with Crippen molar-refractivity contribution >= 4 is 46.6 Å². The highest BCUT2D eigenvalue weighted by molar-refractivity contribution is 6.62. The molecule has 17 heteroatoms. The van der Waals surface area contributed by atoms with Crippen LogP contribution in [0.5, 0.6) is 0 Å². The summed E-state index contributed by atoms with van der Waals surface area (Å²) in [5, 5.41) is 29.9. The van der Waals surface area contributed by atoms with Gasteiger partial charge in [0.1, 0.15) is 28.1 Å². The van der Waals surface area contributed by atoms with Gasteiger partial charge < -0.3 is 50.3 Å². The number of anilines is 4. The van der Waals surface area contributed by atoms with E-state index in [9.17, 15) is 10.2 Å². The Hall–Kier alpha value is -5.30. The molecule has 9 rings (SSSR count). The highest BCUT2D eigenvalue weighted by Crippen LogP contribution is 2.36. The second-order valence-corrected chi connectivity index (χ2v) is 18.0. The monoisotopic (exact) mass is 881 g/mol. The van der Waals surface area contributed by atoms with Crippen molar-refractivity contribution in [3.8, 4) is 11.4 Å². The van der Waals surface area contributed by atoms with Gasteiger partial charge in [-0.1, -0.05) is 27.0 Å². The van der Waals surface area contributed by atoms with Gasteiger partial charge in [0.2, 0.25) is 0 Å². The summed E-state index contributed by atoms with van der Waals surface area (Å²) in [6.07, 6.45) is 0. The molecule has 0 unspecified atom stereocenters. The molecule has 6 aromatic rings. The Morgan fingerprint density at radius 2 is 1.00 bits per heavy atom. The normalized spacial score (nSPS) is 17.2. The van der Waals surface area contributed by atoms with Gasteiger partial charge >= 0.3 is 7.12 Å². The van der Waals surface area contributed by atoms with E-state index in [2.05, 4.69) is 19.9 Å². The van der Waals surface area contributed by atoms with Gasteiger partial charge in [0, 0.05) is 43.1 Å². The lowest BCUT2D eigenvalue weighted by atomic mass is 9.79. The standard InChI is InChI=1S/C19H23N5O2.C14H20N4O2.C12H18BNO2.2CH4/c1-19(2,25)16-8-7-15-18(23-9-11-26-12-10-23)21-17(22-24(15)16)13-3-5-14(20)6-4-13;1-10-15-13(17-6-8-20-9-7-17)11-4-5-12(14(2,3)19)18(11)16-10;1-11(2)12(3,4)16-13(15-11)9-5-7-10(14)8-6-9;;/h3-8,25H,9-12,20H2,1-2H3;4-5,19H,6-9H2,1-3H3;5-8H,14H2,1-4H3;2*1H4. The zero-order valence-electron chi connectivity index (χ0n) is 37.4. The van der Waals surface area contributed by atoms with Crippen molar-refractivity contribution in [3.63, 3.8) is 0 Å². The van der Waals surface area contributed by atoms with Crippen molar-refractivity contribution in [2.45, 2.75) is 99.6 Å². The Balaban J connectivity index is 0.000000183. The summed E-state index contributed by atoms with van der Waals surface area (Å²) in [6, 6.07) is 22.8. The number of aryl methyl sites for hydroxylation is 1. The number of fused-ring (bicyclic) bond motifs is 2. The average Bonchev–Trinajstić information content (AvgIpc) is 3.92. The Morgan fingerprint density at radius 1 is 0.594 bits per heavy atom. The van der Waals surface area contributed by atoms with E-state index in [1.807, 2.05) is 107 Å². The lowest BCUT2D eigenvalue weighted by molar-refractivity contribution is 0.00578. The Labute approximate surface area is 378 Å². The van der Waals surface area contributed by atoms with Gasteiger partial charge in [-0.25, -0.2) is 19.0 Å². The molecule has 0 radical (unpaired) electrons. The topological polar surface area (TPSA) is 196 Å². The molecule has 0 spiro atoms. The van der Waals surface area contributed by atoms with Crippen molar-refractivity contribution in [1.82, 2.24) is 29.2 Å². The number of rotatable bonds is 6. The number of nitrogens with zero attached hydrogens (tertiary/aromatic N) is 8. The Kier molecular flexibility index (Phi) is 15.1. The molecule has 6 N–H and O–H groups in total. The second kappa shape index (κ2) is 19.4. The van der Waals surface area contributed by atoms with Crippen LogP contribution in [0.25, 0.3) is 22.4 Å². The molecule has 3 saturated heterocycles. The van der Waals surface area contributed by atoms with Crippen molar-refractivity contribution in [3.05, 3.63) is 90.0 Å². The predicted octanol–water partition coefficient (Wildman–Crippen LogP) is 5.98. The summed E-state index contributed by atoms with van der Waals surface area (Å²) in [5.41, 5.74) is 15.6. The second-order valence-electron chi connectivity index (χ2n) is 18.0. The third kappa shape index (κ3) is 10.8. The smallest absolute Gasteiger partial charge is 0.399 e. The van der Waals surface area contributed by atoms with Crippen LogP contribution in [-0.2, 0) is 30.0 Å². The van der Waals surface area contributed by atoms with Crippen LogP contribution >= 0.6 is 0 Å². The van der Waals surface area contributed by atoms with E-state index < -0.39 is 11.2 Å². The highest BCUT2D eigenvalue weighted by Gasteiger charge is 2.51. The molecule has 2 aromatic carbocycles. The number of aromatic nitrogens is 6. The molecule has 4 aromatic heterocycles. The molecule has 3 aliphatic heterocycles. The maximum atomic E-state index is 10.5. The van der Waals surface area contributed by atoms with E-state index in [-0.39, 0.29) is 33.2 Å². The molecule has 0 saturated carbocycles. The maximum absolute atomic E-state index is 10.5. The van der Waals surface area contributed by atoms with E-state index in [1.165, 1.54) is 0 Å². The number of hydrogen-bond donors (Lipinski definition) is 4. The van der Waals surface area contributed by atoms with Gasteiger partial charge in [-0.15, -0.1) is 5.10 Å². The molecule has 7 heterocycles. The number of hydrogen-bond acceptors (Lipinski definition) is 14. The minimum Gasteiger partial charge on any atom is -0.399 e. The number of benzene rings is 2. The summed E-state index contributed by atoms with van der Waals surface area (Å²) in [5.74, 6) is 3.06. The molecule has 0 bridgehead atoms. The van der Waals surface area contributed by atoms with E-state index in [0.29, 0.717) is 43.8 Å². The third-order valence-electron chi connectivity index (χ3n) is 11.6. The molecular formula is C47H69BN10O6. The van der Waals surface area contributed by atoms with Gasteiger partial charge in [-0.05, 0) is 128 Å². The molecule has 3 fully saturated rings. The number of nitrogen functional groups attached to an aromatic ring is 2. The molecule has 346 valence electrons. The van der Waals surface area contributed by atoms with Crippen LogP contribution in [0, 0.1) is 6.92 Å². The minimum atomic E-state index is -1.01. The van der Waals surface area contributed by atoms with Crippen molar-refractivity contribution < 1.29 is 29.0 Å². The summed E-state index contributed by atoms with van der Waals surface area (Å²) in [7, 11) is -0.300. The van der Waals surface area contributed by atoms with Crippen molar-refractivity contribution in [2.75, 3.05) is 73.9 Å². The van der Waals surface area contributed by atoms with E-state index >= 15 is 0 Å². The lowest BCUT2D eigenvalue weighted by Crippen LogP contribution is -2.41. The minimum absolute atomic E-state index is 0. The zero-order valence-corrected chi connectivity index (χ0v) is 37.4. The van der Waals surface area contributed by atoms with Gasteiger partial charge in [0.25, 0.3) is 0 Å². The summed E-state index contributed by atoms with van der Waals surface area (Å²) in [4.78, 5) is 13.8. The first-order valence-electron chi connectivity index (χ1n) is 21.2. The molecule has 64 heavy (non-hydrogen) atoms. The first-order valence-corrected chi connectivity index (χ1v) is 21.2. The average molecular weight is 881 g/mol. The summed E-state index contributed by atoms with van der Waals surface area (Å²) in [6.45, 7) is 23.1. The Bertz CT molecular complexity index is 2450. The van der Waals surface area contributed by atoms with Crippen LogP contribution in [0.1, 0.15) is 87.5 Å². The zero-order chi connectivity index (χ0) is 44.6. The summed E-state index contributed by atoms with van der Waals surface area (Å²) < 4.78 is 26.3.